The minimum atomic E-state index is -1.07. The fourth-order valence-electron chi connectivity index (χ4n) is 8.70. The molecule has 3 saturated heterocycles. The van der Waals surface area contributed by atoms with Crippen molar-refractivity contribution in [1.29, 1.82) is 0 Å². The monoisotopic (exact) mass is 605 g/mol. The van der Waals surface area contributed by atoms with Crippen LogP contribution in [-0.4, -0.2) is 87.1 Å². The first-order valence-corrected chi connectivity index (χ1v) is 16.7. The summed E-state index contributed by atoms with van der Waals surface area (Å²) in [7, 11) is 0. The van der Waals surface area contributed by atoms with E-state index in [0.717, 1.165) is 37.7 Å². The van der Waals surface area contributed by atoms with Crippen molar-refractivity contribution in [2.45, 2.75) is 101 Å². The third-order valence-corrected chi connectivity index (χ3v) is 10.9. The summed E-state index contributed by atoms with van der Waals surface area (Å²) in [5.74, 6) is -1.80. The van der Waals surface area contributed by atoms with Gasteiger partial charge in [-0.3, -0.25) is 14.4 Å². The van der Waals surface area contributed by atoms with Gasteiger partial charge in [0.15, 0.2) is 0 Å². The zero-order chi connectivity index (χ0) is 31.5. The van der Waals surface area contributed by atoms with Gasteiger partial charge in [-0.25, -0.2) is 0 Å². The Morgan fingerprint density at radius 1 is 1.05 bits per heavy atom. The van der Waals surface area contributed by atoms with Gasteiger partial charge in [0.1, 0.15) is 11.6 Å². The van der Waals surface area contributed by atoms with Crippen LogP contribution < -0.4 is 0 Å². The summed E-state index contributed by atoms with van der Waals surface area (Å²) in [5.41, 5.74) is -0.938. The molecule has 1 aliphatic carbocycles. The number of aliphatic hydroxyl groups excluding tert-OH is 1. The first kappa shape index (κ1) is 32.4. The van der Waals surface area contributed by atoms with E-state index in [4.69, 9.17) is 4.74 Å². The molecule has 0 radical (unpaired) electrons. The standard InChI is InChI=1S/C36H51N3O5/c1-5-20-37(25-27-16-10-7-11-17-27)32(41)29-30-33(42)39(22-14-9-15-23-40)31(36(30)24-26(3)35(29,4)44-36)34(43)38(21-6-2)28-18-12-8-13-19-28/h5-7,10-11,16-17,26,28-31,40H,1-2,8-9,12-15,18-25H2,3-4H3/t26?,29-,30+,31?,35+,36?/m1/s1. The summed E-state index contributed by atoms with van der Waals surface area (Å²) in [6.07, 6.45) is 11.3. The van der Waals surface area contributed by atoms with E-state index < -0.39 is 29.1 Å². The van der Waals surface area contributed by atoms with Gasteiger partial charge in [-0.05, 0) is 56.9 Å². The summed E-state index contributed by atoms with van der Waals surface area (Å²) >= 11 is 0. The lowest BCUT2D eigenvalue weighted by molar-refractivity contribution is -0.156. The summed E-state index contributed by atoms with van der Waals surface area (Å²) < 4.78 is 7.02. The van der Waals surface area contributed by atoms with Gasteiger partial charge in [-0.2, -0.15) is 0 Å². The fourth-order valence-corrected chi connectivity index (χ4v) is 8.70. The lowest BCUT2D eigenvalue weighted by Crippen LogP contribution is -2.58. The number of fused-ring (bicyclic) bond motifs is 1. The molecule has 8 nitrogen and oxygen atoms in total. The number of aliphatic hydroxyl groups is 1. The average Bonchev–Trinajstić information content (AvgIpc) is 3.54. The van der Waals surface area contributed by atoms with Crippen LogP contribution in [-0.2, 0) is 25.7 Å². The van der Waals surface area contributed by atoms with Crippen molar-refractivity contribution in [3.63, 3.8) is 0 Å². The van der Waals surface area contributed by atoms with E-state index >= 15 is 0 Å². The van der Waals surface area contributed by atoms with E-state index in [1.807, 2.05) is 42.2 Å². The lowest BCUT2D eigenvalue weighted by atomic mass is 9.62. The molecule has 3 unspecified atom stereocenters. The molecule has 240 valence electrons. The van der Waals surface area contributed by atoms with Gasteiger partial charge in [-0.15, -0.1) is 13.2 Å². The Hall–Kier alpha value is -2.97. The molecular weight excluding hydrogens is 554 g/mol. The topological polar surface area (TPSA) is 90.4 Å². The molecule has 3 heterocycles. The SMILES string of the molecule is C=CCN(Cc1ccccc1)C(=O)[C@H]1[C@H]2C(=O)N(CCCCCO)C(C(=O)N(CC=C)C3CCCCC3)C23CC(C)[C@]1(C)O3. The Kier molecular flexibility index (Phi) is 10.0. The van der Waals surface area contributed by atoms with E-state index in [9.17, 15) is 19.5 Å². The van der Waals surface area contributed by atoms with Crippen LogP contribution in [0.15, 0.2) is 55.6 Å². The third kappa shape index (κ3) is 5.64. The maximum atomic E-state index is 14.8. The molecule has 1 N–H and O–H groups in total. The quantitative estimate of drug-likeness (QED) is 0.245. The molecular formula is C36H51N3O5. The molecule has 1 aromatic carbocycles. The van der Waals surface area contributed by atoms with Crippen molar-refractivity contribution in [1.82, 2.24) is 14.7 Å². The minimum absolute atomic E-state index is 0.0185. The highest BCUT2D eigenvalue weighted by molar-refractivity contribution is 5.99. The van der Waals surface area contributed by atoms with Crippen LogP contribution in [0.5, 0.6) is 0 Å². The van der Waals surface area contributed by atoms with E-state index in [1.165, 1.54) is 6.42 Å². The molecule has 1 spiro atoms. The van der Waals surface area contributed by atoms with Crippen molar-refractivity contribution < 1.29 is 24.2 Å². The molecule has 6 atom stereocenters. The van der Waals surface area contributed by atoms with Crippen molar-refractivity contribution in [3.05, 3.63) is 61.2 Å². The minimum Gasteiger partial charge on any atom is -0.396 e. The van der Waals surface area contributed by atoms with Gasteiger partial charge in [0.25, 0.3) is 0 Å². The van der Waals surface area contributed by atoms with E-state index in [0.29, 0.717) is 45.4 Å². The number of benzene rings is 1. The third-order valence-electron chi connectivity index (χ3n) is 10.9. The fraction of sp³-hybridized carbons (Fsp3) is 0.639. The smallest absolute Gasteiger partial charge is 0.248 e. The zero-order valence-electron chi connectivity index (χ0n) is 26.7. The van der Waals surface area contributed by atoms with Crippen LogP contribution in [0.2, 0.25) is 0 Å². The Bertz CT molecular complexity index is 1220. The van der Waals surface area contributed by atoms with Gasteiger partial charge in [0.05, 0.1) is 17.4 Å². The summed E-state index contributed by atoms with van der Waals surface area (Å²) in [4.78, 5) is 49.5. The molecule has 44 heavy (non-hydrogen) atoms. The van der Waals surface area contributed by atoms with Crippen molar-refractivity contribution in [2.24, 2.45) is 17.8 Å². The van der Waals surface area contributed by atoms with Crippen molar-refractivity contribution in [2.75, 3.05) is 26.2 Å². The van der Waals surface area contributed by atoms with Crippen molar-refractivity contribution in [3.8, 4) is 0 Å². The van der Waals surface area contributed by atoms with Crippen LogP contribution in [0.4, 0.5) is 0 Å². The second-order valence-corrected chi connectivity index (χ2v) is 13.6. The number of carbonyl (C=O) groups is 3. The van der Waals surface area contributed by atoms with Crippen LogP contribution in [0.1, 0.15) is 77.2 Å². The number of unbranched alkanes of at least 4 members (excludes halogenated alkanes) is 2. The normalized spacial score (nSPS) is 31.2. The highest BCUT2D eigenvalue weighted by Gasteiger charge is 2.80. The lowest BCUT2D eigenvalue weighted by Gasteiger charge is -2.41. The molecule has 0 aromatic heterocycles. The van der Waals surface area contributed by atoms with Crippen LogP contribution in [0, 0.1) is 17.8 Å². The molecule has 3 amide bonds. The molecule has 1 aromatic rings. The second-order valence-electron chi connectivity index (χ2n) is 13.6. The molecule has 1 saturated carbocycles. The van der Waals surface area contributed by atoms with E-state index in [1.54, 1.807) is 22.0 Å². The predicted molar refractivity (Wildman–Crippen MR) is 170 cm³/mol. The highest BCUT2D eigenvalue weighted by atomic mass is 16.5. The number of hydrogen-bond donors (Lipinski definition) is 1. The van der Waals surface area contributed by atoms with Gasteiger partial charge in [0, 0.05) is 38.8 Å². The number of hydrogen-bond acceptors (Lipinski definition) is 5. The average molecular weight is 606 g/mol. The van der Waals surface area contributed by atoms with Crippen molar-refractivity contribution >= 4 is 17.7 Å². The predicted octanol–water partition coefficient (Wildman–Crippen LogP) is 4.72. The largest absolute Gasteiger partial charge is 0.396 e. The molecule has 4 aliphatic rings. The maximum Gasteiger partial charge on any atom is 0.248 e. The number of nitrogens with zero attached hydrogens (tertiary/aromatic N) is 3. The first-order chi connectivity index (χ1) is 21.2. The van der Waals surface area contributed by atoms with Gasteiger partial charge in [0.2, 0.25) is 17.7 Å². The number of ether oxygens (including phenoxy) is 1. The Morgan fingerprint density at radius 3 is 2.41 bits per heavy atom. The first-order valence-electron chi connectivity index (χ1n) is 16.7. The molecule has 4 fully saturated rings. The van der Waals surface area contributed by atoms with Gasteiger partial charge >= 0.3 is 0 Å². The molecule has 2 bridgehead atoms. The van der Waals surface area contributed by atoms with Gasteiger partial charge < -0.3 is 24.5 Å². The number of rotatable bonds is 14. The van der Waals surface area contributed by atoms with Crippen LogP contribution >= 0.6 is 0 Å². The second kappa shape index (κ2) is 13.6. The van der Waals surface area contributed by atoms with Crippen LogP contribution in [0.25, 0.3) is 0 Å². The summed E-state index contributed by atoms with van der Waals surface area (Å²) in [5, 5.41) is 9.38. The Morgan fingerprint density at radius 2 is 1.75 bits per heavy atom. The molecule has 5 rings (SSSR count). The maximum absolute atomic E-state index is 14.8. The number of carbonyl (C=O) groups excluding carboxylic acids is 3. The molecule has 3 aliphatic heterocycles. The Balaban J connectivity index is 1.54. The van der Waals surface area contributed by atoms with E-state index in [-0.39, 0.29) is 36.3 Å². The highest BCUT2D eigenvalue weighted by Crippen LogP contribution is 2.65. The van der Waals surface area contributed by atoms with Gasteiger partial charge in [-0.1, -0.05) is 68.7 Å². The summed E-state index contributed by atoms with van der Waals surface area (Å²) in [6.45, 7) is 13.6. The zero-order valence-corrected chi connectivity index (χ0v) is 26.7. The van der Waals surface area contributed by atoms with Crippen LogP contribution in [0.3, 0.4) is 0 Å². The summed E-state index contributed by atoms with van der Waals surface area (Å²) in [6, 6.07) is 9.17. The number of amides is 3. The molecule has 8 heteroatoms. The Labute approximate surface area is 263 Å². The van der Waals surface area contributed by atoms with E-state index in [2.05, 4.69) is 20.1 Å². The number of likely N-dealkylation sites (tertiary alicyclic amines) is 1.